The summed E-state index contributed by atoms with van der Waals surface area (Å²) in [5, 5.41) is 21.3. The number of anilines is 1. The fourth-order valence-corrected chi connectivity index (χ4v) is 2.22. The SMILES string of the molecule is CC(C)CC(N[C@@H](CN(C)c1ccccc1)C(=O)O)C(=O)O. The zero-order valence-corrected chi connectivity index (χ0v) is 13.2. The number of nitrogens with zero attached hydrogens (tertiary/aromatic N) is 1. The van der Waals surface area contributed by atoms with E-state index in [-0.39, 0.29) is 12.5 Å². The van der Waals surface area contributed by atoms with Gasteiger partial charge in [0, 0.05) is 19.3 Å². The molecule has 1 aromatic carbocycles. The lowest BCUT2D eigenvalue weighted by Crippen LogP contribution is -2.52. The van der Waals surface area contributed by atoms with Crippen LogP contribution in [0.15, 0.2) is 30.3 Å². The summed E-state index contributed by atoms with van der Waals surface area (Å²) in [5.41, 5.74) is 0.881. The maximum Gasteiger partial charge on any atom is 0.322 e. The van der Waals surface area contributed by atoms with Crippen molar-refractivity contribution in [1.29, 1.82) is 0 Å². The van der Waals surface area contributed by atoms with Crippen LogP contribution >= 0.6 is 0 Å². The van der Waals surface area contributed by atoms with Crippen LogP contribution in [0.5, 0.6) is 0 Å². The second-order valence-corrected chi connectivity index (χ2v) is 5.79. The molecule has 0 aliphatic carbocycles. The third-order valence-corrected chi connectivity index (χ3v) is 3.36. The van der Waals surface area contributed by atoms with Gasteiger partial charge in [0.05, 0.1) is 0 Å². The van der Waals surface area contributed by atoms with E-state index >= 15 is 0 Å². The molecule has 0 amide bonds. The maximum atomic E-state index is 11.4. The zero-order valence-electron chi connectivity index (χ0n) is 13.2. The van der Waals surface area contributed by atoms with Gasteiger partial charge in [-0.1, -0.05) is 32.0 Å². The lowest BCUT2D eigenvalue weighted by atomic mass is 10.0. The predicted octanol–water partition coefficient (Wildman–Crippen LogP) is 1.66. The number of carboxylic acid groups (broad SMARTS) is 2. The Morgan fingerprint density at radius 2 is 1.64 bits per heavy atom. The van der Waals surface area contributed by atoms with Crippen molar-refractivity contribution in [3.8, 4) is 0 Å². The van der Waals surface area contributed by atoms with Gasteiger partial charge in [-0.15, -0.1) is 0 Å². The van der Waals surface area contributed by atoms with E-state index in [1.54, 1.807) is 11.9 Å². The van der Waals surface area contributed by atoms with Gasteiger partial charge in [-0.25, -0.2) is 0 Å². The third kappa shape index (κ3) is 5.73. The average molecular weight is 308 g/mol. The van der Waals surface area contributed by atoms with E-state index in [4.69, 9.17) is 0 Å². The highest BCUT2D eigenvalue weighted by Gasteiger charge is 2.27. The van der Waals surface area contributed by atoms with E-state index in [2.05, 4.69) is 5.32 Å². The molecule has 0 aromatic heterocycles. The van der Waals surface area contributed by atoms with Crippen LogP contribution in [0.25, 0.3) is 0 Å². The molecule has 0 bridgehead atoms. The molecule has 0 fully saturated rings. The average Bonchev–Trinajstić information content (AvgIpc) is 2.45. The van der Waals surface area contributed by atoms with Gasteiger partial charge in [-0.3, -0.25) is 14.9 Å². The molecule has 3 N–H and O–H groups in total. The summed E-state index contributed by atoms with van der Waals surface area (Å²) in [5.74, 6) is -1.92. The quantitative estimate of drug-likeness (QED) is 0.643. The molecule has 122 valence electrons. The molecule has 6 heteroatoms. The molecule has 0 radical (unpaired) electrons. The number of carboxylic acids is 2. The number of carbonyl (C=O) groups is 2. The number of likely N-dealkylation sites (N-methyl/N-ethyl adjacent to an activating group) is 1. The highest BCUT2D eigenvalue weighted by molar-refractivity contribution is 5.78. The number of para-hydroxylation sites is 1. The molecule has 1 rings (SSSR count). The number of hydrogen-bond donors (Lipinski definition) is 3. The van der Waals surface area contributed by atoms with Crippen LogP contribution in [0.2, 0.25) is 0 Å². The summed E-state index contributed by atoms with van der Waals surface area (Å²) in [6.07, 6.45) is 0.383. The van der Waals surface area contributed by atoms with E-state index in [0.717, 1.165) is 5.69 Å². The lowest BCUT2D eigenvalue weighted by Gasteiger charge is -2.27. The summed E-state index contributed by atoms with van der Waals surface area (Å²) in [7, 11) is 1.78. The predicted molar refractivity (Wildman–Crippen MR) is 85.2 cm³/mol. The normalized spacial score (nSPS) is 13.6. The first-order valence-corrected chi connectivity index (χ1v) is 7.29. The second-order valence-electron chi connectivity index (χ2n) is 5.79. The summed E-state index contributed by atoms with van der Waals surface area (Å²) in [4.78, 5) is 24.5. The fraction of sp³-hybridized carbons (Fsp3) is 0.500. The van der Waals surface area contributed by atoms with Crippen molar-refractivity contribution < 1.29 is 19.8 Å². The molecule has 0 spiro atoms. The highest BCUT2D eigenvalue weighted by atomic mass is 16.4. The van der Waals surface area contributed by atoms with Crippen molar-refractivity contribution in [2.45, 2.75) is 32.4 Å². The molecule has 1 aromatic rings. The van der Waals surface area contributed by atoms with E-state index in [1.165, 1.54) is 0 Å². The summed E-state index contributed by atoms with van der Waals surface area (Å²) >= 11 is 0. The van der Waals surface area contributed by atoms with Crippen molar-refractivity contribution in [3.63, 3.8) is 0 Å². The van der Waals surface area contributed by atoms with E-state index < -0.39 is 24.0 Å². The summed E-state index contributed by atoms with van der Waals surface area (Å²) < 4.78 is 0. The van der Waals surface area contributed by atoms with Gasteiger partial charge in [0.15, 0.2) is 0 Å². The minimum absolute atomic E-state index is 0.162. The standard InChI is InChI=1S/C16H24N2O4/c1-11(2)9-13(15(19)20)17-14(16(21)22)10-18(3)12-7-5-4-6-8-12/h4-8,11,13-14,17H,9-10H2,1-3H3,(H,19,20)(H,21,22)/t13?,14-/m0/s1. The van der Waals surface area contributed by atoms with Crippen molar-refractivity contribution in [2.24, 2.45) is 5.92 Å². The largest absolute Gasteiger partial charge is 0.480 e. The van der Waals surface area contributed by atoms with Crippen LogP contribution in [0.4, 0.5) is 5.69 Å². The van der Waals surface area contributed by atoms with Gasteiger partial charge in [0.25, 0.3) is 0 Å². The molecular weight excluding hydrogens is 284 g/mol. The van der Waals surface area contributed by atoms with Crippen molar-refractivity contribution in [2.75, 3.05) is 18.5 Å². The van der Waals surface area contributed by atoms with Gasteiger partial charge < -0.3 is 15.1 Å². The molecule has 0 aliphatic heterocycles. The van der Waals surface area contributed by atoms with Crippen LogP contribution in [-0.4, -0.2) is 47.8 Å². The monoisotopic (exact) mass is 308 g/mol. The van der Waals surface area contributed by atoms with E-state index in [0.29, 0.717) is 6.42 Å². The molecular formula is C16H24N2O4. The van der Waals surface area contributed by atoms with Crippen molar-refractivity contribution in [3.05, 3.63) is 30.3 Å². The number of rotatable bonds is 9. The molecule has 0 saturated heterocycles. The van der Waals surface area contributed by atoms with Gasteiger partial charge in [0.1, 0.15) is 12.1 Å². The Balaban J connectivity index is 2.76. The molecule has 22 heavy (non-hydrogen) atoms. The van der Waals surface area contributed by atoms with Gasteiger partial charge in [0.2, 0.25) is 0 Å². The molecule has 2 atom stereocenters. The molecule has 0 saturated carbocycles. The minimum Gasteiger partial charge on any atom is -0.480 e. The van der Waals surface area contributed by atoms with Crippen LogP contribution in [0.3, 0.4) is 0 Å². The van der Waals surface area contributed by atoms with Gasteiger partial charge >= 0.3 is 11.9 Å². The molecule has 1 unspecified atom stereocenters. The first-order valence-electron chi connectivity index (χ1n) is 7.29. The van der Waals surface area contributed by atoms with Crippen LogP contribution in [0.1, 0.15) is 20.3 Å². The zero-order chi connectivity index (χ0) is 16.7. The Morgan fingerprint density at radius 3 is 2.09 bits per heavy atom. The van der Waals surface area contributed by atoms with Crippen LogP contribution < -0.4 is 10.2 Å². The number of nitrogens with one attached hydrogen (secondary N) is 1. The minimum atomic E-state index is -1.06. The summed E-state index contributed by atoms with van der Waals surface area (Å²) in [6.45, 7) is 3.99. The second kappa shape index (κ2) is 8.38. The molecule has 0 heterocycles. The Kier molecular flexibility index (Phi) is 6.85. The Bertz CT molecular complexity index is 490. The highest BCUT2D eigenvalue weighted by Crippen LogP contribution is 2.12. The van der Waals surface area contributed by atoms with Crippen LogP contribution in [0, 0.1) is 5.92 Å². The van der Waals surface area contributed by atoms with Crippen molar-refractivity contribution >= 4 is 17.6 Å². The third-order valence-electron chi connectivity index (χ3n) is 3.36. The first kappa shape index (κ1) is 18.0. The maximum absolute atomic E-state index is 11.4. The van der Waals surface area contributed by atoms with Crippen molar-refractivity contribution in [1.82, 2.24) is 5.32 Å². The molecule has 6 nitrogen and oxygen atoms in total. The first-order chi connectivity index (χ1) is 10.3. The number of aliphatic carboxylic acids is 2. The van der Waals surface area contributed by atoms with Gasteiger partial charge in [-0.2, -0.15) is 0 Å². The number of hydrogen-bond acceptors (Lipinski definition) is 4. The smallest absolute Gasteiger partial charge is 0.322 e. The summed E-state index contributed by atoms with van der Waals surface area (Å²) in [6, 6.07) is 7.55. The number of benzene rings is 1. The Morgan fingerprint density at radius 1 is 1.09 bits per heavy atom. The topological polar surface area (TPSA) is 89.9 Å². The van der Waals surface area contributed by atoms with Gasteiger partial charge in [-0.05, 0) is 24.5 Å². The molecule has 0 aliphatic rings. The van der Waals surface area contributed by atoms with E-state index in [9.17, 15) is 19.8 Å². The Hall–Kier alpha value is -2.08. The van der Waals surface area contributed by atoms with E-state index in [1.807, 2.05) is 44.2 Å². The lowest BCUT2D eigenvalue weighted by molar-refractivity contribution is -0.142. The fourth-order valence-electron chi connectivity index (χ4n) is 2.22. The Labute approximate surface area is 130 Å². The van der Waals surface area contributed by atoms with Crippen LogP contribution in [-0.2, 0) is 9.59 Å².